The molecule has 0 aliphatic carbocycles. The summed E-state index contributed by atoms with van der Waals surface area (Å²) in [5.74, 6) is 0.0277. The van der Waals surface area contributed by atoms with E-state index in [9.17, 15) is 4.79 Å². The molecule has 0 atom stereocenters. The molecule has 0 fully saturated rings. The zero-order chi connectivity index (χ0) is 12.8. The van der Waals surface area contributed by atoms with E-state index < -0.39 is 0 Å². The van der Waals surface area contributed by atoms with Crippen LogP contribution in [0, 0.1) is 0 Å². The second-order valence-corrected chi connectivity index (χ2v) is 4.64. The highest BCUT2D eigenvalue weighted by molar-refractivity contribution is 9.10. The van der Waals surface area contributed by atoms with Crippen molar-refractivity contribution in [3.05, 3.63) is 28.2 Å². The Bertz CT molecular complexity index is 396. The van der Waals surface area contributed by atoms with Gasteiger partial charge < -0.3 is 15.3 Å². The number of rotatable bonds is 5. The molecule has 0 bridgehead atoms. The Balaban J connectivity index is 2.68. The number of halogens is 1. The Morgan fingerprint density at radius 2 is 2.24 bits per heavy atom. The number of carbonyl (C=O) groups is 1. The molecule has 0 saturated heterocycles. The molecule has 0 unspecified atom stereocenters. The van der Waals surface area contributed by atoms with Crippen molar-refractivity contribution in [2.45, 2.75) is 13.0 Å². The average molecular weight is 301 g/mol. The molecule has 17 heavy (non-hydrogen) atoms. The first-order valence-corrected chi connectivity index (χ1v) is 6.18. The van der Waals surface area contributed by atoms with Crippen molar-refractivity contribution >= 4 is 27.5 Å². The van der Waals surface area contributed by atoms with Gasteiger partial charge in [-0.05, 0) is 33.6 Å². The normalized spacial score (nSPS) is 10.1. The first-order chi connectivity index (χ1) is 8.08. The van der Waals surface area contributed by atoms with Gasteiger partial charge in [0, 0.05) is 31.5 Å². The summed E-state index contributed by atoms with van der Waals surface area (Å²) in [7, 11) is 3.57. The fraction of sp³-hybridized carbons (Fsp3) is 0.417. The molecule has 1 amide bonds. The Hall–Kier alpha value is -1.07. The van der Waals surface area contributed by atoms with E-state index in [1.54, 1.807) is 7.05 Å². The predicted octanol–water partition coefficient (Wildman–Crippen LogP) is 1.51. The summed E-state index contributed by atoms with van der Waals surface area (Å²) in [6.07, 6.45) is 0.460. The lowest BCUT2D eigenvalue weighted by molar-refractivity contribution is -0.120. The topological polar surface area (TPSA) is 52.6 Å². The molecule has 0 aromatic heterocycles. The minimum absolute atomic E-state index is 0.0277. The maximum absolute atomic E-state index is 11.2. The standard InChI is InChI=1S/C12H17BrN2O2/c1-14-12(17)5-6-15(2)11-4-3-9(8-16)7-10(11)13/h3-4,7,16H,5-6,8H2,1-2H3,(H,14,17). The maximum atomic E-state index is 11.2. The van der Waals surface area contributed by atoms with Gasteiger partial charge in [0.05, 0.1) is 12.3 Å². The highest BCUT2D eigenvalue weighted by Crippen LogP contribution is 2.26. The van der Waals surface area contributed by atoms with Gasteiger partial charge in [0.1, 0.15) is 0 Å². The number of carbonyl (C=O) groups excluding carboxylic acids is 1. The maximum Gasteiger partial charge on any atom is 0.221 e. The van der Waals surface area contributed by atoms with Gasteiger partial charge in [-0.15, -0.1) is 0 Å². The van der Waals surface area contributed by atoms with E-state index in [0.29, 0.717) is 13.0 Å². The zero-order valence-corrected chi connectivity index (χ0v) is 11.6. The molecule has 5 heteroatoms. The van der Waals surface area contributed by atoms with Crippen molar-refractivity contribution in [1.82, 2.24) is 5.32 Å². The Labute approximate surface area is 110 Å². The van der Waals surface area contributed by atoms with Crippen LogP contribution in [0.5, 0.6) is 0 Å². The average Bonchev–Trinajstić information content (AvgIpc) is 2.35. The third kappa shape index (κ3) is 4.02. The fourth-order valence-corrected chi connectivity index (χ4v) is 2.20. The third-order valence-electron chi connectivity index (χ3n) is 2.56. The third-order valence-corrected chi connectivity index (χ3v) is 3.19. The number of amides is 1. The number of benzene rings is 1. The minimum atomic E-state index is 0.0277. The number of anilines is 1. The molecule has 0 aliphatic rings. The molecular weight excluding hydrogens is 284 g/mol. The number of aliphatic hydroxyl groups is 1. The first-order valence-electron chi connectivity index (χ1n) is 5.39. The zero-order valence-electron chi connectivity index (χ0n) is 10.0. The molecule has 2 N–H and O–H groups in total. The van der Waals surface area contributed by atoms with Crippen LogP contribution in [0.15, 0.2) is 22.7 Å². The SMILES string of the molecule is CNC(=O)CCN(C)c1ccc(CO)cc1Br. The van der Waals surface area contributed by atoms with Gasteiger partial charge in [0.15, 0.2) is 0 Å². The second-order valence-electron chi connectivity index (χ2n) is 3.79. The van der Waals surface area contributed by atoms with Gasteiger partial charge in [0.2, 0.25) is 5.91 Å². The molecule has 0 radical (unpaired) electrons. The lowest BCUT2D eigenvalue weighted by atomic mass is 10.2. The smallest absolute Gasteiger partial charge is 0.221 e. The minimum Gasteiger partial charge on any atom is -0.392 e. The molecular formula is C12H17BrN2O2. The van der Waals surface area contributed by atoms with Crippen molar-refractivity contribution in [1.29, 1.82) is 0 Å². The number of nitrogens with one attached hydrogen (secondary N) is 1. The van der Waals surface area contributed by atoms with E-state index in [1.807, 2.05) is 30.1 Å². The summed E-state index contributed by atoms with van der Waals surface area (Å²) in [5.41, 5.74) is 1.87. The van der Waals surface area contributed by atoms with Crippen LogP contribution in [-0.4, -0.2) is 31.7 Å². The highest BCUT2D eigenvalue weighted by atomic mass is 79.9. The molecule has 0 saturated carbocycles. The number of hydrogen-bond acceptors (Lipinski definition) is 3. The van der Waals surface area contributed by atoms with Crippen LogP contribution < -0.4 is 10.2 Å². The number of aliphatic hydroxyl groups excluding tert-OH is 1. The molecule has 0 spiro atoms. The molecule has 4 nitrogen and oxygen atoms in total. The van der Waals surface area contributed by atoms with Gasteiger partial charge in [0.25, 0.3) is 0 Å². The van der Waals surface area contributed by atoms with Crippen molar-refractivity contribution in [2.24, 2.45) is 0 Å². The van der Waals surface area contributed by atoms with Crippen molar-refractivity contribution in [3.8, 4) is 0 Å². The van der Waals surface area contributed by atoms with Crippen LogP contribution in [0.1, 0.15) is 12.0 Å². The Kier molecular flexibility index (Phi) is 5.44. The van der Waals surface area contributed by atoms with E-state index in [-0.39, 0.29) is 12.5 Å². The quantitative estimate of drug-likeness (QED) is 0.867. The van der Waals surface area contributed by atoms with Gasteiger partial charge in [-0.1, -0.05) is 6.07 Å². The van der Waals surface area contributed by atoms with E-state index in [4.69, 9.17) is 5.11 Å². The molecule has 1 rings (SSSR count). The first kappa shape index (κ1) is 14.0. The summed E-state index contributed by atoms with van der Waals surface area (Å²) >= 11 is 3.46. The summed E-state index contributed by atoms with van der Waals surface area (Å²) in [4.78, 5) is 13.2. The summed E-state index contributed by atoms with van der Waals surface area (Å²) in [5, 5.41) is 11.6. The van der Waals surface area contributed by atoms with Crippen LogP contribution >= 0.6 is 15.9 Å². The van der Waals surface area contributed by atoms with Gasteiger partial charge in [-0.25, -0.2) is 0 Å². The van der Waals surface area contributed by atoms with Gasteiger partial charge in [-0.2, -0.15) is 0 Å². The predicted molar refractivity (Wildman–Crippen MR) is 72.0 cm³/mol. The van der Waals surface area contributed by atoms with Crippen molar-refractivity contribution in [3.63, 3.8) is 0 Å². The van der Waals surface area contributed by atoms with Crippen molar-refractivity contribution in [2.75, 3.05) is 25.5 Å². The van der Waals surface area contributed by atoms with E-state index in [2.05, 4.69) is 21.2 Å². The Morgan fingerprint density at radius 1 is 1.53 bits per heavy atom. The largest absolute Gasteiger partial charge is 0.392 e. The molecule has 1 aromatic rings. The molecule has 0 heterocycles. The molecule has 0 aliphatic heterocycles. The van der Waals surface area contributed by atoms with Gasteiger partial charge >= 0.3 is 0 Å². The molecule has 1 aromatic carbocycles. The van der Waals surface area contributed by atoms with Crippen LogP contribution in [0.3, 0.4) is 0 Å². The number of nitrogens with zero attached hydrogens (tertiary/aromatic N) is 1. The second kappa shape index (κ2) is 6.61. The van der Waals surface area contributed by atoms with Crippen molar-refractivity contribution < 1.29 is 9.90 Å². The lowest BCUT2D eigenvalue weighted by Crippen LogP contribution is -2.26. The van der Waals surface area contributed by atoms with Gasteiger partial charge in [-0.3, -0.25) is 4.79 Å². The monoisotopic (exact) mass is 300 g/mol. The van der Waals surface area contributed by atoms with Crippen LogP contribution in [-0.2, 0) is 11.4 Å². The summed E-state index contributed by atoms with van der Waals surface area (Å²) in [6, 6.07) is 5.68. The Morgan fingerprint density at radius 3 is 2.76 bits per heavy atom. The molecule has 94 valence electrons. The van der Waals surface area contributed by atoms with Crippen LogP contribution in [0.25, 0.3) is 0 Å². The van der Waals surface area contributed by atoms with E-state index in [1.165, 1.54) is 0 Å². The summed E-state index contributed by atoms with van der Waals surface area (Å²) < 4.78 is 0.920. The van der Waals surface area contributed by atoms with Crippen LogP contribution in [0.2, 0.25) is 0 Å². The number of hydrogen-bond donors (Lipinski definition) is 2. The van der Waals surface area contributed by atoms with E-state index >= 15 is 0 Å². The summed E-state index contributed by atoms with van der Waals surface area (Å²) in [6.45, 7) is 0.678. The lowest BCUT2D eigenvalue weighted by Gasteiger charge is -2.20. The van der Waals surface area contributed by atoms with E-state index in [0.717, 1.165) is 15.7 Å². The van der Waals surface area contributed by atoms with Crippen LogP contribution in [0.4, 0.5) is 5.69 Å². The highest BCUT2D eigenvalue weighted by Gasteiger charge is 2.08. The fourth-order valence-electron chi connectivity index (χ4n) is 1.47.